The summed E-state index contributed by atoms with van der Waals surface area (Å²) in [5, 5.41) is 0.447. The SMILES string of the molecule is CC(S)N1CCC[C@@H](C)C1. The fourth-order valence-electron chi connectivity index (χ4n) is 1.57. The van der Waals surface area contributed by atoms with Gasteiger partial charge in [0, 0.05) is 11.9 Å². The van der Waals surface area contributed by atoms with Crippen LogP contribution in [-0.4, -0.2) is 23.4 Å². The minimum atomic E-state index is 0.447. The van der Waals surface area contributed by atoms with E-state index in [-0.39, 0.29) is 0 Å². The van der Waals surface area contributed by atoms with Crippen LogP contribution in [0.1, 0.15) is 26.7 Å². The number of hydrogen-bond acceptors (Lipinski definition) is 2. The maximum absolute atomic E-state index is 4.41. The van der Waals surface area contributed by atoms with Crippen LogP contribution in [-0.2, 0) is 0 Å². The van der Waals surface area contributed by atoms with Crippen molar-refractivity contribution in [3.8, 4) is 0 Å². The van der Waals surface area contributed by atoms with Gasteiger partial charge in [-0.2, -0.15) is 12.6 Å². The van der Waals surface area contributed by atoms with E-state index in [4.69, 9.17) is 0 Å². The molecule has 1 aliphatic rings. The Morgan fingerprint density at radius 3 is 2.70 bits per heavy atom. The summed E-state index contributed by atoms with van der Waals surface area (Å²) in [5.74, 6) is 0.878. The Hall–Kier alpha value is 0.310. The molecule has 1 saturated heterocycles. The maximum atomic E-state index is 4.41. The summed E-state index contributed by atoms with van der Waals surface area (Å²) >= 11 is 4.41. The summed E-state index contributed by atoms with van der Waals surface area (Å²) in [5.41, 5.74) is 0. The van der Waals surface area contributed by atoms with E-state index in [1.54, 1.807) is 0 Å². The lowest BCUT2D eigenvalue weighted by atomic mass is 10.0. The number of piperidine rings is 1. The standard InChI is InChI=1S/C8H17NS/c1-7-4-3-5-9(6-7)8(2)10/h7-8,10H,3-6H2,1-2H3/t7-,8?/m1/s1. The average Bonchev–Trinajstić information content (AvgIpc) is 1.88. The zero-order valence-corrected chi connectivity index (χ0v) is 7.77. The molecular weight excluding hydrogens is 142 g/mol. The highest BCUT2D eigenvalue weighted by molar-refractivity contribution is 7.80. The number of hydrogen-bond donors (Lipinski definition) is 1. The van der Waals surface area contributed by atoms with Gasteiger partial charge in [-0.3, -0.25) is 4.90 Å². The predicted molar refractivity (Wildman–Crippen MR) is 48.4 cm³/mol. The first-order chi connectivity index (χ1) is 4.70. The molecule has 0 aliphatic carbocycles. The van der Waals surface area contributed by atoms with Crippen molar-refractivity contribution in [1.29, 1.82) is 0 Å². The topological polar surface area (TPSA) is 3.24 Å². The second-order valence-corrected chi connectivity index (χ2v) is 4.12. The molecule has 0 saturated carbocycles. The molecule has 1 aliphatic heterocycles. The van der Waals surface area contributed by atoms with Crippen LogP contribution in [0.5, 0.6) is 0 Å². The number of rotatable bonds is 1. The molecule has 1 unspecified atom stereocenters. The number of nitrogens with zero attached hydrogens (tertiary/aromatic N) is 1. The molecule has 1 rings (SSSR count). The smallest absolute Gasteiger partial charge is 0.0499 e. The minimum absolute atomic E-state index is 0.447. The quantitative estimate of drug-likeness (QED) is 0.573. The van der Waals surface area contributed by atoms with Crippen molar-refractivity contribution in [2.24, 2.45) is 5.92 Å². The van der Waals surface area contributed by atoms with Crippen molar-refractivity contribution in [1.82, 2.24) is 4.90 Å². The third kappa shape index (κ3) is 2.17. The van der Waals surface area contributed by atoms with Crippen LogP contribution in [0.4, 0.5) is 0 Å². The van der Waals surface area contributed by atoms with E-state index in [0.717, 1.165) is 5.92 Å². The first-order valence-corrected chi connectivity index (χ1v) is 4.64. The van der Waals surface area contributed by atoms with Crippen LogP contribution in [0.3, 0.4) is 0 Å². The first-order valence-electron chi connectivity index (χ1n) is 4.12. The Labute approximate surface area is 69.2 Å². The summed E-state index contributed by atoms with van der Waals surface area (Å²) < 4.78 is 0. The van der Waals surface area contributed by atoms with Gasteiger partial charge in [0.05, 0.1) is 0 Å². The van der Waals surface area contributed by atoms with Gasteiger partial charge in [-0.25, -0.2) is 0 Å². The Balaban J connectivity index is 2.32. The largest absolute Gasteiger partial charge is 0.292 e. The van der Waals surface area contributed by atoms with Gasteiger partial charge in [0.2, 0.25) is 0 Å². The normalized spacial score (nSPS) is 32.1. The molecule has 1 fully saturated rings. The van der Waals surface area contributed by atoms with E-state index < -0.39 is 0 Å². The molecule has 0 radical (unpaired) electrons. The predicted octanol–water partition coefficient (Wildman–Crippen LogP) is 1.99. The summed E-state index contributed by atoms with van der Waals surface area (Å²) in [4.78, 5) is 2.44. The summed E-state index contributed by atoms with van der Waals surface area (Å²) in [7, 11) is 0. The van der Waals surface area contributed by atoms with Crippen LogP contribution >= 0.6 is 12.6 Å². The molecule has 0 aromatic rings. The van der Waals surface area contributed by atoms with E-state index in [1.807, 2.05) is 0 Å². The van der Waals surface area contributed by atoms with Gasteiger partial charge in [-0.1, -0.05) is 6.92 Å². The van der Waals surface area contributed by atoms with Crippen LogP contribution < -0.4 is 0 Å². The van der Waals surface area contributed by atoms with Crippen LogP contribution in [0.2, 0.25) is 0 Å². The number of thiol groups is 1. The molecule has 10 heavy (non-hydrogen) atoms. The lowest BCUT2D eigenvalue weighted by Crippen LogP contribution is -2.37. The molecule has 0 aromatic carbocycles. The van der Waals surface area contributed by atoms with Crippen molar-refractivity contribution < 1.29 is 0 Å². The minimum Gasteiger partial charge on any atom is -0.292 e. The van der Waals surface area contributed by atoms with Gasteiger partial charge in [0.1, 0.15) is 0 Å². The molecule has 0 N–H and O–H groups in total. The van der Waals surface area contributed by atoms with Gasteiger partial charge >= 0.3 is 0 Å². The number of likely N-dealkylation sites (tertiary alicyclic amines) is 1. The van der Waals surface area contributed by atoms with Crippen molar-refractivity contribution in [3.05, 3.63) is 0 Å². The third-order valence-electron chi connectivity index (χ3n) is 2.22. The Morgan fingerprint density at radius 2 is 2.30 bits per heavy atom. The van der Waals surface area contributed by atoms with Gasteiger partial charge in [-0.15, -0.1) is 0 Å². The van der Waals surface area contributed by atoms with E-state index in [0.29, 0.717) is 5.37 Å². The first kappa shape index (κ1) is 8.41. The fraction of sp³-hybridized carbons (Fsp3) is 1.00. The van der Waals surface area contributed by atoms with Crippen molar-refractivity contribution in [2.45, 2.75) is 32.1 Å². The highest BCUT2D eigenvalue weighted by Gasteiger charge is 2.17. The maximum Gasteiger partial charge on any atom is 0.0499 e. The van der Waals surface area contributed by atoms with Crippen LogP contribution in [0.25, 0.3) is 0 Å². The van der Waals surface area contributed by atoms with Gasteiger partial charge < -0.3 is 0 Å². The molecule has 2 heteroatoms. The van der Waals surface area contributed by atoms with E-state index in [9.17, 15) is 0 Å². The zero-order valence-electron chi connectivity index (χ0n) is 6.88. The summed E-state index contributed by atoms with van der Waals surface area (Å²) in [6.45, 7) is 6.96. The third-order valence-corrected chi connectivity index (χ3v) is 2.54. The highest BCUT2D eigenvalue weighted by atomic mass is 32.1. The molecule has 0 amide bonds. The lowest BCUT2D eigenvalue weighted by Gasteiger charge is -2.33. The van der Waals surface area contributed by atoms with Crippen LogP contribution in [0.15, 0.2) is 0 Å². The Morgan fingerprint density at radius 1 is 1.60 bits per heavy atom. The summed E-state index contributed by atoms with van der Waals surface area (Å²) in [6.07, 6.45) is 2.75. The van der Waals surface area contributed by atoms with Gasteiger partial charge in [0.25, 0.3) is 0 Å². The highest BCUT2D eigenvalue weighted by Crippen LogP contribution is 2.18. The summed E-state index contributed by atoms with van der Waals surface area (Å²) in [6, 6.07) is 0. The molecular formula is C8H17NS. The Bertz CT molecular complexity index is 103. The fourth-order valence-corrected chi connectivity index (χ4v) is 1.77. The van der Waals surface area contributed by atoms with Crippen molar-refractivity contribution in [3.63, 3.8) is 0 Å². The zero-order chi connectivity index (χ0) is 7.56. The lowest BCUT2D eigenvalue weighted by molar-refractivity contribution is 0.179. The van der Waals surface area contributed by atoms with Crippen molar-refractivity contribution >= 4 is 12.6 Å². The van der Waals surface area contributed by atoms with Crippen LogP contribution in [0, 0.1) is 5.92 Å². The monoisotopic (exact) mass is 159 g/mol. The molecule has 0 spiro atoms. The Kier molecular flexibility index (Phi) is 3.05. The molecule has 0 aromatic heterocycles. The molecule has 0 bridgehead atoms. The van der Waals surface area contributed by atoms with Gasteiger partial charge in [-0.05, 0) is 32.2 Å². The second-order valence-electron chi connectivity index (χ2n) is 3.37. The molecule has 1 heterocycles. The molecule has 1 nitrogen and oxygen atoms in total. The van der Waals surface area contributed by atoms with Crippen molar-refractivity contribution in [2.75, 3.05) is 13.1 Å². The van der Waals surface area contributed by atoms with E-state index in [2.05, 4.69) is 31.4 Å². The second kappa shape index (κ2) is 3.63. The van der Waals surface area contributed by atoms with Gasteiger partial charge in [0.15, 0.2) is 0 Å². The van der Waals surface area contributed by atoms with E-state index >= 15 is 0 Å². The molecule has 60 valence electrons. The van der Waals surface area contributed by atoms with E-state index in [1.165, 1.54) is 25.9 Å². The average molecular weight is 159 g/mol. The molecule has 2 atom stereocenters.